The van der Waals surface area contributed by atoms with Crippen molar-refractivity contribution in [2.24, 2.45) is 5.73 Å². The van der Waals surface area contributed by atoms with Gasteiger partial charge in [0.15, 0.2) is 0 Å². The monoisotopic (exact) mass is 345 g/mol. The maximum Gasteiger partial charge on any atom is 0.242 e. The predicted molar refractivity (Wildman–Crippen MR) is 82.6 cm³/mol. The molecule has 5 nitrogen and oxygen atoms in total. The molecule has 0 saturated carbocycles. The van der Waals surface area contributed by atoms with Crippen LogP contribution in [0.4, 0.5) is 0 Å². The standard InChI is InChI=1S/C13H13Cl2N3O2S/c14-11-6-12(15)13(5-10(11)7-16)21(19,20)18-8-9-1-3-17-4-2-9/h1-6,18H,7-8,16H2. The van der Waals surface area contributed by atoms with Crippen molar-refractivity contribution in [3.8, 4) is 0 Å². The van der Waals surface area contributed by atoms with Gasteiger partial charge in [-0.2, -0.15) is 0 Å². The van der Waals surface area contributed by atoms with Crippen molar-refractivity contribution in [1.82, 2.24) is 9.71 Å². The molecular weight excluding hydrogens is 333 g/mol. The largest absolute Gasteiger partial charge is 0.326 e. The minimum absolute atomic E-state index is 0.0388. The zero-order chi connectivity index (χ0) is 15.5. The van der Waals surface area contributed by atoms with Gasteiger partial charge in [-0.15, -0.1) is 0 Å². The van der Waals surface area contributed by atoms with E-state index in [0.29, 0.717) is 10.6 Å². The second-order valence-electron chi connectivity index (χ2n) is 4.26. The molecule has 0 unspecified atom stereocenters. The van der Waals surface area contributed by atoms with Gasteiger partial charge >= 0.3 is 0 Å². The Kier molecular flexibility index (Phi) is 5.18. The summed E-state index contributed by atoms with van der Waals surface area (Å²) in [5.41, 5.74) is 6.84. The topological polar surface area (TPSA) is 85.1 Å². The quantitative estimate of drug-likeness (QED) is 0.870. The number of rotatable bonds is 5. The van der Waals surface area contributed by atoms with Gasteiger partial charge in [-0.25, -0.2) is 13.1 Å². The molecule has 112 valence electrons. The number of sulfonamides is 1. The Morgan fingerprint density at radius 3 is 2.43 bits per heavy atom. The van der Waals surface area contributed by atoms with Gasteiger partial charge in [0.1, 0.15) is 4.90 Å². The number of aromatic nitrogens is 1. The van der Waals surface area contributed by atoms with Crippen molar-refractivity contribution in [1.29, 1.82) is 0 Å². The third-order valence-corrected chi connectivity index (χ3v) is 5.04. The number of halogens is 2. The number of benzene rings is 1. The Morgan fingerprint density at radius 2 is 1.81 bits per heavy atom. The van der Waals surface area contributed by atoms with E-state index in [4.69, 9.17) is 28.9 Å². The maximum absolute atomic E-state index is 12.3. The van der Waals surface area contributed by atoms with Gasteiger partial charge in [0.2, 0.25) is 10.0 Å². The van der Waals surface area contributed by atoms with E-state index < -0.39 is 10.0 Å². The first-order valence-corrected chi connectivity index (χ1v) is 8.24. The summed E-state index contributed by atoms with van der Waals surface area (Å²) in [5.74, 6) is 0. The Hall–Kier alpha value is -1.18. The molecule has 0 aliphatic rings. The highest BCUT2D eigenvalue weighted by Gasteiger charge is 2.19. The molecule has 3 N–H and O–H groups in total. The van der Waals surface area contributed by atoms with Crippen LogP contribution in [0.15, 0.2) is 41.6 Å². The fourth-order valence-corrected chi connectivity index (χ4v) is 3.58. The van der Waals surface area contributed by atoms with Gasteiger partial charge in [0.25, 0.3) is 0 Å². The van der Waals surface area contributed by atoms with Gasteiger partial charge in [-0.05, 0) is 35.4 Å². The molecule has 0 aliphatic heterocycles. The second kappa shape index (κ2) is 6.72. The van der Waals surface area contributed by atoms with Crippen LogP contribution in [0.3, 0.4) is 0 Å². The molecule has 0 fully saturated rings. The van der Waals surface area contributed by atoms with E-state index in [0.717, 1.165) is 5.56 Å². The lowest BCUT2D eigenvalue weighted by atomic mass is 10.2. The summed E-state index contributed by atoms with van der Waals surface area (Å²) in [6.07, 6.45) is 3.18. The number of hydrogen-bond donors (Lipinski definition) is 2. The van der Waals surface area contributed by atoms with Gasteiger partial charge in [0.05, 0.1) is 5.02 Å². The highest BCUT2D eigenvalue weighted by Crippen LogP contribution is 2.28. The van der Waals surface area contributed by atoms with Crippen LogP contribution >= 0.6 is 23.2 Å². The highest BCUT2D eigenvalue weighted by atomic mass is 35.5. The first kappa shape index (κ1) is 16.2. The normalized spacial score (nSPS) is 11.6. The molecular formula is C13H13Cl2N3O2S. The third kappa shape index (κ3) is 3.93. The Bertz CT molecular complexity index is 737. The lowest BCUT2D eigenvalue weighted by Crippen LogP contribution is -2.24. The minimum atomic E-state index is -3.76. The zero-order valence-electron chi connectivity index (χ0n) is 10.9. The number of nitrogens with zero attached hydrogens (tertiary/aromatic N) is 1. The molecule has 1 aromatic carbocycles. The summed E-state index contributed by atoms with van der Waals surface area (Å²) in [6, 6.07) is 6.21. The molecule has 0 spiro atoms. The maximum atomic E-state index is 12.3. The minimum Gasteiger partial charge on any atom is -0.326 e. The summed E-state index contributed by atoms with van der Waals surface area (Å²) in [4.78, 5) is 3.83. The second-order valence-corrected chi connectivity index (χ2v) is 6.81. The Labute approximate surface area is 133 Å². The van der Waals surface area contributed by atoms with Gasteiger partial charge in [-0.1, -0.05) is 23.2 Å². The van der Waals surface area contributed by atoms with Crippen LogP contribution in [0.5, 0.6) is 0 Å². The average molecular weight is 346 g/mol. The summed E-state index contributed by atoms with van der Waals surface area (Å²) in [5, 5.41) is 0.398. The lowest BCUT2D eigenvalue weighted by Gasteiger charge is -2.11. The Balaban J connectivity index is 2.27. The van der Waals surface area contributed by atoms with Crippen molar-refractivity contribution in [2.45, 2.75) is 18.0 Å². The van der Waals surface area contributed by atoms with E-state index in [2.05, 4.69) is 9.71 Å². The summed E-state index contributed by atoms with van der Waals surface area (Å²) in [6.45, 7) is 0.268. The van der Waals surface area contributed by atoms with Crippen LogP contribution in [0, 0.1) is 0 Å². The van der Waals surface area contributed by atoms with Crippen molar-refractivity contribution in [3.05, 3.63) is 57.8 Å². The number of nitrogens with two attached hydrogens (primary N) is 1. The molecule has 0 bridgehead atoms. The number of hydrogen-bond acceptors (Lipinski definition) is 4. The zero-order valence-corrected chi connectivity index (χ0v) is 13.2. The van der Waals surface area contributed by atoms with Crippen LogP contribution in [0.2, 0.25) is 10.0 Å². The van der Waals surface area contributed by atoms with Crippen molar-refractivity contribution < 1.29 is 8.42 Å². The van der Waals surface area contributed by atoms with Crippen LogP contribution in [-0.4, -0.2) is 13.4 Å². The van der Waals surface area contributed by atoms with E-state index in [1.165, 1.54) is 12.1 Å². The number of pyridine rings is 1. The van der Waals surface area contributed by atoms with Crippen molar-refractivity contribution in [2.75, 3.05) is 0 Å². The van der Waals surface area contributed by atoms with E-state index in [-0.39, 0.29) is 23.0 Å². The van der Waals surface area contributed by atoms with Gasteiger partial charge in [0, 0.05) is 30.5 Å². The van der Waals surface area contributed by atoms with Crippen molar-refractivity contribution >= 4 is 33.2 Å². The SMILES string of the molecule is NCc1cc(S(=O)(=O)NCc2ccncc2)c(Cl)cc1Cl. The lowest BCUT2D eigenvalue weighted by molar-refractivity contribution is 0.581. The van der Waals surface area contributed by atoms with Gasteiger partial charge in [-0.3, -0.25) is 4.98 Å². The van der Waals surface area contributed by atoms with Crippen molar-refractivity contribution in [3.63, 3.8) is 0 Å². The molecule has 0 amide bonds. The molecule has 0 atom stereocenters. The summed E-state index contributed by atoms with van der Waals surface area (Å²) < 4.78 is 27.1. The van der Waals surface area contributed by atoms with E-state index in [1.54, 1.807) is 24.5 Å². The van der Waals surface area contributed by atoms with Crippen LogP contribution in [0.25, 0.3) is 0 Å². The molecule has 1 heterocycles. The third-order valence-electron chi connectivity index (χ3n) is 2.83. The molecule has 21 heavy (non-hydrogen) atoms. The molecule has 1 aromatic heterocycles. The van der Waals surface area contributed by atoms with Gasteiger partial charge < -0.3 is 5.73 Å². The first-order valence-electron chi connectivity index (χ1n) is 6.00. The first-order chi connectivity index (χ1) is 9.94. The fourth-order valence-electron chi connectivity index (χ4n) is 1.69. The van der Waals surface area contributed by atoms with E-state index in [1.807, 2.05) is 0 Å². The molecule has 0 radical (unpaired) electrons. The molecule has 8 heteroatoms. The highest BCUT2D eigenvalue weighted by molar-refractivity contribution is 7.89. The smallest absolute Gasteiger partial charge is 0.242 e. The van der Waals surface area contributed by atoms with Crippen LogP contribution < -0.4 is 10.5 Å². The molecule has 0 aliphatic carbocycles. The summed E-state index contributed by atoms with van der Waals surface area (Å²) in [7, 11) is -3.76. The fraction of sp³-hybridized carbons (Fsp3) is 0.154. The Morgan fingerprint density at radius 1 is 1.14 bits per heavy atom. The molecule has 2 rings (SSSR count). The number of nitrogens with one attached hydrogen (secondary N) is 1. The molecule has 0 saturated heterocycles. The van der Waals surface area contributed by atoms with E-state index in [9.17, 15) is 8.42 Å². The van der Waals surface area contributed by atoms with E-state index >= 15 is 0 Å². The van der Waals surface area contributed by atoms with Crippen LogP contribution in [0.1, 0.15) is 11.1 Å². The molecule has 2 aromatic rings. The van der Waals surface area contributed by atoms with Crippen LogP contribution in [-0.2, 0) is 23.1 Å². The average Bonchev–Trinajstić information content (AvgIpc) is 2.46. The summed E-state index contributed by atoms with van der Waals surface area (Å²) >= 11 is 11.9. The predicted octanol–water partition coefficient (Wildman–Crippen LogP) is 2.33.